The van der Waals surface area contributed by atoms with Gasteiger partial charge in [-0.25, -0.2) is 9.78 Å². The zero-order chi connectivity index (χ0) is 20.2. The number of nitrogens with zero attached hydrogens (tertiary/aromatic N) is 4. The highest BCUT2D eigenvalue weighted by molar-refractivity contribution is 5.79. The van der Waals surface area contributed by atoms with E-state index in [-0.39, 0.29) is 18.4 Å². The van der Waals surface area contributed by atoms with Crippen LogP contribution in [0.5, 0.6) is 5.88 Å². The van der Waals surface area contributed by atoms with Gasteiger partial charge in [0.2, 0.25) is 11.8 Å². The summed E-state index contributed by atoms with van der Waals surface area (Å²) in [6, 6.07) is 12.3. The number of ether oxygens (including phenoxy) is 1. The summed E-state index contributed by atoms with van der Waals surface area (Å²) >= 11 is 0. The van der Waals surface area contributed by atoms with E-state index in [9.17, 15) is 9.59 Å². The molecule has 2 aromatic heterocycles. The maximum absolute atomic E-state index is 12.8. The van der Waals surface area contributed by atoms with Gasteiger partial charge in [-0.1, -0.05) is 12.1 Å². The third-order valence-corrected chi connectivity index (χ3v) is 5.07. The number of para-hydroxylation sites is 2. The van der Waals surface area contributed by atoms with Gasteiger partial charge in [-0.2, -0.15) is 5.26 Å². The van der Waals surface area contributed by atoms with Crippen LogP contribution in [0.4, 0.5) is 0 Å². The Morgan fingerprint density at radius 3 is 3.07 bits per heavy atom. The Labute approximate surface area is 166 Å². The predicted molar refractivity (Wildman–Crippen MR) is 104 cm³/mol. The first-order chi connectivity index (χ1) is 14.1. The first-order valence-electron chi connectivity index (χ1n) is 9.49. The van der Waals surface area contributed by atoms with E-state index in [1.807, 2.05) is 6.07 Å². The Morgan fingerprint density at radius 1 is 1.34 bits per heavy atom. The van der Waals surface area contributed by atoms with Crippen molar-refractivity contribution in [1.82, 2.24) is 14.5 Å². The van der Waals surface area contributed by atoms with Crippen LogP contribution in [0.25, 0.3) is 11.1 Å². The van der Waals surface area contributed by atoms with Gasteiger partial charge < -0.3 is 14.1 Å². The van der Waals surface area contributed by atoms with Crippen molar-refractivity contribution >= 4 is 17.0 Å². The van der Waals surface area contributed by atoms with Crippen molar-refractivity contribution in [3.63, 3.8) is 0 Å². The van der Waals surface area contributed by atoms with Crippen LogP contribution in [0, 0.1) is 17.2 Å². The van der Waals surface area contributed by atoms with E-state index >= 15 is 0 Å². The van der Waals surface area contributed by atoms with Crippen LogP contribution in [0.3, 0.4) is 0 Å². The summed E-state index contributed by atoms with van der Waals surface area (Å²) in [7, 11) is 0. The van der Waals surface area contributed by atoms with Gasteiger partial charge in [0, 0.05) is 31.3 Å². The standard InChI is InChI=1S/C21H20N4O4/c22-11-15-7-8-23-19(10-15)28-14-16-4-3-9-24(12-16)20(26)13-25-17-5-1-2-6-18(17)29-21(25)27/h1-2,5-8,10,16H,3-4,9,12-14H2. The highest BCUT2D eigenvalue weighted by Gasteiger charge is 2.25. The van der Waals surface area contributed by atoms with E-state index in [1.54, 1.807) is 35.2 Å². The second-order valence-corrected chi connectivity index (χ2v) is 7.08. The number of carbonyl (C=O) groups is 1. The number of rotatable bonds is 5. The van der Waals surface area contributed by atoms with Gasteiger partial charge in [-0.05, 0) is 31.0 Å². The summed E-state index contributed by atoms with van der Waals surface area (Å²) in [4.78, 5) is 30.8. The SMILES string of the molecule is N#Cc1ccnc(OCC2CCCN(C(=O)Cn3c(=O)oc4ccccc43)C2)c1. The molecule has 0 saturated carbocycles. The molecule has 0 radical (unpaired) electrons. The average molecular weight is 392 g/mol. The number of pyridine rings is 1. The van der Waals surface area contributed by atoms with E-state index in [2.05, 4.69) is 11.1 Å². The van der Waals surface area contributed by atoms with Crippen LogP contribution in [-0.4, -0.2) is 40.1 Å². The van der Waals surface area contributed by atoms with Crippen LogP contribution in [0.1, 0.15) is 18.4 Å². The van der Waals surface area contributed by atoms with Crippen molar-refractivity contribution in [2.75, 3.05) is 19.7 Å². The summed E-state index contributed by atoms with van der Waals surface area (Å²) < 4.78 is 12.3. The lowest BCUT2D eigenvalue weighted by atomic mass is 9.99. The minimum atomic E-state index is -0.528. The molecule has 1 saturated heterocycles. The molecule has 0 spiro atoms. The first kappa shape index (κ1) is 18.7. The van der Waals surface area contributed by atoms with Crippen molar-refractivity contribution in [3.05, 3.63) is 58.7 Å². The van der Waals surface area contributed by atoms with Crippen LogP contribution in [0.2, 0.25) is 0 Å². The minimum absolute atomic E-state index is 0.0464. The molecule has 0 aliphatic carbocycles. The number of hydrogen-bond donors (Lipinski definition) is 0. The van der Waals surface area contributed by atoms with Crippen molar-refractivity contribution in [2.45, 2.75) is 19.4 Å². The van der Waals surface area contributed by atoms with Crippen LogP contribution in [0.15, 0.2) is 51.8 Å². The largest absolute Gasteiger partial charge is 0.477 e. The van der Waals surface area contributed by atoms with E-state index in [0.717, 1.165) is 12.8 Å². The molecule has 8 nitrogen and oxygen atoms in total. The number of carbonyl (C=O) groups excluding carboxylic acids is 1. The topological polar surface area (TPSA) is 101 Å². The minimum Gasteiger partial charge on any atom is -0.477 e. The molecule has 148 valence electrons. The number of likely N-dealkylation sites (tertiary alicyclic amines) is 1. The van der Waals surface area contributed by atoms with E-state index < -0.39 is 5.76 Å². The molecule has 0 bridgehead atoms. The number of fused-ring (bicyclic) bond motifs is 1. The van der Waals surface area contributed by atoms with Gasteiger partial charge in [-0.15, -0.1) is 0 Å². The second kappa shape index (κ2) is 8.19. The molecule has 1 fully saturated rings. The monoisotopic (exact) mass is 392 g/mol. The summed E-state index contributed by atoms with van der Waals surface area (Å²) in [6.07, 6.45) is 3.35. The number of benzene rings is 1. The Hall–Kier alpha value is -3.60. The first-order valence-corrected chi connectivity index (χ1v) is 9.49. The lowest BCUT2D eigenvalue weighted by Crippen LogP contribution is -2.43. The average Bonchev–Trinajstić information content (AvgIpc) is 3.07. The Kier molecular flexibility index (Phi) is 5.29. The summed E-state index contributed by atoms with van der Waals surface area (Å²) in [5.41, 5.74) is 1.58. The van der Waals surface area contributed by atoms with Gasteiger partial charge in [0.15, 0.2) is 5.58 Å². The lowest BCUT2D eigenvalue weighted by molar-refractivity contribution is -0.133. The quantitative estimate of drug-likeness (QED) is 0.660. The van der Waals surface area contributed by atoms with Crippen molar-refractivity contribution < 1.29 is 13.9 Å². The fraction of sp³-hybridized carbons (Fsp3) is 0.333. The highest BCUT2D eigenvalue weighted by atomic mass is 16.5. The van der Waals surface area contributed by atoms with Crippen molar-refractivity contribution in [1.29, 1.82) is 5.26 Å². The molecule has 1 unspecified atom stereocenters. The number of hydrogen-bond acceptors (Lipinski definition) is 6. The molecule has 8 heteroatoms. The molecule has 1 aliphatic heterocycles. The van der Waals surface area contributed by atoms with Crippen LogP contribution < -0.4 is 10.5 Å². The van der Waals surface area contributed by atoms with E-state index in [4.69, 9.17) is 14.4 Å². The van der Waals surface area contributed by atoms with Gasteiger partial charge in [0.25, 0.3) is 0 Å². The maximum Gasteiger partial charge on any atom is 0.420 e. The van der Waals surface area contributed by atoms with E-state index in [0.29, 0.717) is 42.2 Å². The Morgan fingerprint density at radius 2 is 2.21 bits per heavy atom. The second-order valence-electron chi connectivity index (χ2n) is 7.08. The summed E-state index contributed by atoms with van der Waals surface area (Å²) in [5.74, 6) is -0.0742. The number of oxazole rings is 1. The molecule has 3 heterocycles. The molecular formula is C21H20N4O4. The number of aromatic nitrogens is 2. The van der Waals surface area contributed by atoms with Crippen molar-refractivity contribution in [3.8, 4) is 11.9 Å². The fourth-order valence-electron chi connectivity index (χ4n) is 3.59. The molecule has 3 aromatic rings. The normalized spacial score (nSPS) is 16.5. The Bertz CT molecular complexity index is 1130. The zero-order valence-corrected chi connectivity index (χ0v) is 15.8. The molecule has 4 rings (SSSR count). The van der Waals surface area contributed by atoms with Gasteiger partial charge in [0.1, 0.15) is 6.54 Å². The smallest absolute Gasteiger partial charge is 0.420 e. The lowest BCUT2D eigenvalue weighted by Gasteiger charge is -2.32. The van der Waals surface area contributed by atoms with E-state index in [1.165, 1.54) is 10.8 Å². The molecule has 0 N–H and O–H groups in total. The van der Waals surface area contributed by atoms with Gasteiger partial charge in [0.05, 0.1) is 23.8 Å². The third kappa shape index (κ3) is 4.14. The van der Waals surface area contributed by atoms with Crippen LogP contribution >= 0.6 is 0 Å². The number of piperidine rings is 1. The predicted octanol–water partition coefficient (Wildman–Crippen LogP) is 2.18. The maximum atomic E-state index is 12.8. The molecule has 1 atom stereocenters. The molecule has 29 heavy (non-hydrogen) atoms. The summed E-state index contributed by atoms with van der Waals surface area (Å²) in [6.45, 7) is 1.58. The number of nitriles is 1. The van der Waals surface area contributed by atoms with Crippen molar-refractivity contribution in [2.24, 2.45) is 5.92 Å². The zero-order valence-electron chi connectivity index (χ0n) is 15.8. The molecule has 1 aromatic carbocycles. The molecule has 1 amide bonds. The van der Waals surface area contributed by atoms with Gasteiger partial charge in [-0.3, -0.25) is 9.36 Å². The van der Waals surface area contributed by atoms with Gasteiger partial charge >= 0.3 is 5.76 Å². The summed E-state index contributed by atoms with van der Waals surface area (Å²) in [5, 5.41) is 8.96. The highest BCUT2D eigenvalue weighted by Crippen LogP contribution is 2.19. The Balaban J connectivity index is 1.38. The molecule has 1 aliphatic rings. The number of amides is 1. The third-order valence-electron chi connectivity index (χ3n) is 5.07. The molecular weight excluding hydrogens is 372 g/mol. The van der Waals surface area contributed by atoms with Crippen LogP contribution in [-0.2, 0) is 11.3 Å². The fourth-order valence-corrected chi connectivity index (χ4v) is 3.59.